The fourth-order valence-corrected chi connectivity index (χ4v) is 2.40. The van der Waals surface area contributed by atoms with Crippen molar-refractivity contribution in [2.45, 2.75) is 26.7 Å². The minimum atomic E-state index is -0.178. The monoisotopic (exact) mass is 365 g/mol. The van der Waals surface area contributed by atoms with Gasteiger partial charge in [-0.2, -0.15) is 0 Å². The molecule has 0 saturated carbocycles. The normalized spacial score (nSPS) is 10.4. The minimum absolute atomic E-state index is 0.0433. The van der Waals surface area contributed by atoms with Gasteiger partial charge in [0, 0.05) is 24.2 Å². The van der Waals surface area contributed by atoms with Crippen molar-refractivity contribution in [3.05, 3.63) is 40.7 Å². The molecule has 25 heavy (non-hydrogen) atoms. The van der Waals surface area contributed by atoms with Crippen LogP contribution in [0.4, 0.5) is 5.69 Å². The number of aryl methyl sites for hydroxylation is 1. The summed E-state index contributed by atoms with van der Waals surface area (Å²) < 4.78 is 10.2. The van der Waals surface area contributed by atoms with Crippen LogP contribution in [0.2, 0.25) is 5.22 Å². The molecule has 1 heterocycles. The smallest absolute Gasteiger partial charge is 0.257 e. The van der Waals surface area contributed by atoms with E-state index in [0.29, 0.717) is 30.1 Å². The van der Waals surface area contributed by atoms with E-state index in [1.807, 2.05) is 6.92 Å². The molecule has 0 radical (unpaired) electrons. The van der Waals surface area contributed by atoms with E-state index in [2.05, 4.69) is 15.8 Å². The second-order valence-electron chi connectivity index (χ2n) is 5.33. The van der Waals surface area contributed by atoms with Crippen molar-refractivity contribution in [1.82, 2.24) is 10.5 Å². The molecule has 0 aliphatic rings. The van der Waals surface area contributed by atoms with Gasteiger partial charge in [-0.05, 0) is 56.1 Å². The van der Waals surface area contributed by atoms with Crippen molar-refractivity contribution < 1.29 is 18.8 Å². The van der Waals surface area contributed by atoms with Crippen molar-refractivity contribution >= 4 is 29.1 Å². The molecule has 0 unspecified atom stereocenters. The highest BCUT2D eigenvalue weighted by molar-refractivity contribution is 6.29. The molecule has 0 spiro atoms. The molecule has 134 valence electrons. The van der Waals surface area contributed by atoms with Crippen LogP contribution < -0.4 is 15.4 Å². The Balaban J connectivity index is 1.80. The molecule has 0 saturated heterocycles. The molecule has 0 aliphatic heterocycles. The first-order valence-electron chi connectivity index (χ1n) is 7.89. The van der Waals surface area contributed by atoms with E-state index in [1.165, 1.54) is 0 Å². The zero-order valence-electron chi connectivity index (χ0n) is 14.1. The fourth-order valence-electron chi connectivity index (χ4n) is 2.13. The number of nitrogens with one attached hydrogen (secondary N) is 2. The summed E-state index contributed by atoms with van der Waals surface area (Å²) in [5, 5.41) is 9.40. The van der Waals surface area contributed by atoms with Crippen LogP contribution in [0.1, 0.15) is 24.6 Å². The van der Waals surface area contributed by atoms with Crippen LogP contribution >= 0.6 is 11.6 Å². The van der Waals surface area contributed by atoms with Gasteiger partial charge < -0.3 is 19.9 Å². The van der Waals surface area contributed by atoms with Crippen molar-refractivity contribution in [2.75, 3.05) is 18.5 Å². The number of benzene rings is 1. The molecule has 1 aromatic carbocycles. The first kappa shape index (κ1) is 18.8. The molecular weight excluding hydrogens is 346 g/mol. The Labute approximate surface area is 150 Å². The first-order chi connectivity index (χ1) is 12.0. The van der Waals surface area contributed by atoms with Gasteiger partial charge in [-0.25, -0.2) is 0 Å². The second-order valence-corrected chi connectivity index (χ2v) is 5.68. The van der Waals surface area contributed by atoms with E-state index < -0.39 is 0 Å². The lowest BCUT2D eigenvalue weighted by Gasteiger charge is -2.08. The number of ether oxygens (including phenoxy) is 1. The van der Waals surface area contributed by atoms with Gasteiger partial charge in [-0.15, -0.1) is 0 Å². The molecule has 1 aromatic heterocycles. The van der Waals surface area contributed by atoms with Crippen LogP contribution in [-0.2, 0) is 16.0 Å². The molecule has 0 aliphatic carbocycles. The lowest BCUT2D eigenvalue weighted by atomic mass is 10.1. The van der Waals surface area contributed by atoms with E-state index in [1.54, 1.807) is 31.2 Å². The van der Waals surface area contributed by atoms with E-state index in [9.17, 15) is 9.59 Å². The van der Waals surface area contributed by atoms with Crippen LogP contribution in [0, 0.1) is 6.92 Å². The Bertz CT molecular complexity index is 708. The van der Waals surface area contributed by atoms with Gasteiger partial charge in [0.1, 0.15) is 5.75 Å². The Morgan fingerprint density at radius 2 is 1.96 bits per heavy atom. The third-order valence-corrected chi connectivity index (χ3v) is 3.72. The number of hydrogen-bond acceptors (Lipinski definition) is 5. The van der Waals surface area contributed by atoms with Crippen molar-refractivity contribution in [3.63, 3.8) is 0 Å². The zero-order chi connectivity index (χ0) is 18.2. The highest BCUT2D eigenvalue weighted by atomic mass is 35.5. The maximum atomic E-state index is 12.0. The quantitative estimate of drug-likeness (QED) is 0.750. The number of nitrogens with zero attached hydrogens (tertiary/aromatic N) is 1. The summed E-state index contributed by atoms with van der Waals surface area (Å²) in [6, 6.07) is 6.80. The number of anilines is 1. The van der Waals surface area contributed by atoms with Gasteiger partial charge in [-0.3, -0.25) is 9.59 Å². The predicted molar refractivity (Wildman–Crippen MR) is 93.8 cm³/mol. The molecule has 8 heteroatoms. The molecule has 0 atom stereocenters. The van der Waals surface area contributed by atoms with Crippen LogP contribution in [0.5, 0.6) is 5.75 Å². The molecular formula is C17H20ClN3O4. The Morgan fingerprint density at radius 1 is 1.24 bits per heavy atom. The number of halogens is 1. The van der Waals surface area contributed by atoms with Crippen LogP contribution in [0.3, 0.4) is 0 Å². The maximum Gasteiger partial charge on any atom is 0.257 e. The highest BCUT2D eigenvalue weighted by Gasteiger charge is 2.12. The van der Waals surface area contributed by atoms with Crippen molar-refractivity contribution in [2.24, 2.45) is 0 Å². The van der Waals surface area contributed by atoms with Gasteiger partial charge in [0.2, 0.25) is 11.1 Å². The Hall–Kier alpha value is -2.54. The Kier molecular flexibility index (Phi) is 6.82. The molecule has 7 nitrogen and oxygen atoms in total. The number of carbonyl (C=O) groups is 2. The largest absolute Gasteiger partial charge is 0.484 e. The summed E-state index contributed by atoms with van der Waals surface area (Å²) >= 11 is 5.87. The van der Waals surface area contributed by atoms with Crippen LogP contribution in [0.25, 0.3) is 0 Å². The van der Waals surface area contributed by atoms with Crippen LogP contribution in [0.15, 0.2) is 28.8 Å². The summed E-state index contributed by atoms with van der Waals surface area (Å²) in [5.74, 6) is 0.228. The number of aromatic nitrogens is 1. The van der Waals surface area contributed by atoms with Gasteiger partial charge in [0.15, 0.2) is 6.61 Å². The van der Waals surface area contributed by atoms with E-state index in [-0.39, 0.29) is 30.1 Å². The molecule has 2 aromatic rings. The third kappa shape index (κ3) is 5.79. The number of hydrogen-bond donors (Lipinski definition) is 2. The topological polar surface area (TPSA) is 93.5 Å². The minimum Gasteiger partial charge on any atom is -0.484 e. The summed E-state index contributed by atoms with van der Waals surface area (Å²) in [6.45, 7) is 4.14. The number of carbonyl (C=O) groups excluding carboxylic acids is 2. The summed E-state index contributed by atoms with van der Waals surface area (Å²) in [4.78, 5) is 23.3. The van der Waals surface area contributed by atoms with Gasteiger partial charge in [0.05, 0.1) is 5.69 Å². The molecule has 2 amide bonds. The second kappa shape index (κ2) is 9.08. The lowest BCUT2D eigenvalue weighted by Crippen LogP contribution is -2.28. The molecule has 2 N–H and O–H groups in total. The maximum absolute atomic E-state index is 12.0. The predicted octanol–water partition coefficient (Wildman–Crippen LogP) is 2.72. The number of rotatable bonds is 8. The van der Waals surface area contributed by atoms with E-state index in [0.717, 1.165) is 5.56 Å². The van der Waals surface area contributed by atoms with Crippen molar-refractivity contribution in [1.29, 1.82) is 0 Å². The van der Waals surface area contributed by atoms with Crippen LogP contribution in [-0.4, -0.2) is 30.1 Å². The molecule has 0 fully saturated rings. The SMILES string of the molecule is CCNC(=O)COc1ccc(NC(=O)CCc2c(C)noc2Cl)cc1. The van der Waals surface area contributed by atoms with E-state index >= 15 is 0 Å². The summed E-state index contributed by atoms with van der Waals surface area (Å²) in [6.07, 6.45) is 0.713. The zero-order valence-corrected chi connectivity index (χ0v) is 14.9. The Morgan fingerprint density at radius 3 is 2.56 bits per heavy atom. The molecule has 0 bridgehead atoms. The van der Waals surface area contributed by atoms with E-state index in [4.69, 9.17) is 20.9 Å². The van der Waals surface area contributed by atoms with Gasteiger partial charge >= 0.3 is 0 Å². The average Bonchev–Trinajstić information content (AvgIpc) is 2.91. The summed E-state index contributed by atoms with van der Waals surface area (Å²) in [7, 11) is 0. The van der Waals surface area contributed by atoms with Crippen molar-refractivity contribution in [3.8, 4) is 5.75 Å². The molecule has 2 rings (SSSR count). The lowest BCUT2D eigenvalue weighted by molar-refractivity contribution is -0.123. The number of amides is 2. The first-order valence-corrected chi connectivity index (χ1v) is 8.27. The number of likely N-dealkylation sites (N-methyl/N-ethyl adjacent to an activating group) is 1. The third-order valence-electron chi connectivity index (χ3n) is 3.42. The average molecular weight is 366 g/mol. The standard InChI is InChI=1S/C17H20ClN3O4/c1-3-19-16(23)10-24-13-6-4-12(5-7-13)20-15(22)9-8-14-11(2)21-25-17(14)18/h4-7H,3,8-10H2,1-2H3,(H,19,23)(H,20,22). The van der Waals surface area contributed by atoms with Gasteiger partial charge in [0.25, 0.3) is 5.91 Å². The summed E-state index contributed by atoms with van der Waals surface area (Å²) in [5.41, 5.74) is 2.07. The fraction of sp³-hybridized carbons (Fsp3) is 0.353. The van der Waals surface area contributed by atoms with Gasteiger partial charge in [-0.1, -0.05) is 5.16 Å². The highest BCUT2D eigenvalue weighted by Crippen LogP contribution is 2.21.